The number of aromatic amines is 1. The molecule has 1 aromatic heterocycles. The third-order valence-corrected chi connectivity index (χ3v) is 3.71. The van der Waals surface area contributed by atoms with Crippen LogP contribution < -0.4 is 5.32 Å². The topological polar surface area (TPSA) is 40.7 Å². The summed E-state index contributed by atoms with van der Waals surface area (Å²) in [6, 6.07) is 2.85. The molecule has 0 spiro atoms. The fraction of sp³-hybridized carbons (Fsp3) is 0.500. The second-order valence-electron chi connectivity index (χ2n) is 5.15. The molecule has 1 atom stereocenters. The fourth-order valence-corrected chi connectivity index (χ4v) is 2.66. The summed E-state index contributed by atoms with van der Waals surface area (Å²) in [6.45, 7) is 1.08. The summed E-state index contributed by atoms with van der Waals surface area (Å²) in [5.41, 5.74) is 1.05. The lowest BCUT2D eigenvalue weighted by atomic mass is 10.0. The van der Waals surface area contributed by atoms with Gasteiger partial charge in [-0.1, -0.05) is 6.42 Å². The number of aryl methyl sites for hydroxylation is 1. The van der Waals surface area contributed by atoms with E-state index in [0.29, 0.717) is 17.1 Å². The quantitative estimate of drug-likeness (QED) is 0.896. The first-order valence-electron chi connectivity index (χ1n) is 6.79. The Morgan fingerprint density at radius 1 is 1.21 bits per heavy atom. The summed E-state index contributed by atoms with van der Waals surface area (Å²) in [4.78, 5) is 7.37. The van der Waals surface area contributed by atoms with Crippen LogP contribution in [0.4, 0.5) is 8.78 Å². The SMILES string of the molecule is Fc1cc2nc(CCC3CCCCN3)[nH]c2cc1F. The van der Waals surface area contributed by atoms with Gasteiger partial charge in [-0.25, -0.2) is 13.8 Å². The number of piperidine rings is 1. The van der Waals surface area contributed by atoms with Gasteiger partial charge in [-0.15, -0.1) is 0 Å². The fourth-order valence-electron chi connectivity index (χ4n) is 2.66. The average molecular weight is 265 g/mol. The van der Waals surface area contributed by atoms with E-state index < -0.39 is 11.6 Å². The van der Waals surface area contributed by atoms with Gasteiger partial charge in [0.15, 0.2) is 11.6 Å². The van der Waals surface area contributed by atoms with Gasteiger partial charge < -0.3 is 10.3 Å². The number of aromatic nitrogens is 2. The normalized spacial score (nSPS) is 20.0. The Hall–Kier alpha value is -1.49. The smallest absolute Gasteiger partial charge is 0.161 e. The first-order chi connectivity index (χ1) is 9.22. The van der Waals surface area contributed by atoms with E-state index in [1.807, 2.05) is 0 Å². The first kappa shape index (κ1) is 12.5. The monoisotopic (exact) mass is 265 g/mol. The molecule has 2 aromatic rings. The van der Waals surface area contributed by atoms with Gasteiger partial charge in [-0.2, -0.15) is 0 Å². The molecule has 1 unspecified atom stereocenters. The molecule has 1 fully saturated rings. The van der Waals surface area contributed by atoms with Crippen LogP contribution >= 0.6 is 0 Å². The highest BCUT2D eigenvalue weighted by atomic mass is 19.2. The average Bonchev–Trinajstić information content (AvgIpc) is 2.80. The Labute approximate surface area is 110 Å². The molecule has 0 aliphatic carbocycles. The van der Waals surface area contributed by atoms with E-state index in [-0.39, 0.29) is 0 Å². The highest BCUT2D eigenvalue weighted by molar-refractivity contribution is 5.75. The maximum atomic E-state index is 13.1. The summed E-state index contributed by atoms with van der Waals surface area (Å²) < 4.78 is 26.2. The van der Waals surface area contributed by atoms with Crippen molar-refractivity contribution in [1.82, 2.24) is 15.3 Å². The molecule has 1 saturated heterocycles. The Morgan fingerprint density at radius 2 is 2.05 bits per heavy atom. The van der Waals surface area contributed by atoms with Gasteiger partial charge >= 0.3 is 0 Å². The van der Waals surface area contributed by atoms with E-state index in [9.17, 15) is 8.78 Å². The molecule has 3 rings (SSSR count). The molecule has 5 heteroatoms. The lowest BCUT2D eigenvalue weighted by Gasteiger charge is -2.22. The molecular weight excluding hydrogens is 248 g/mol. The maximum Gasteiger partial charge on any atom is 0.161 e. The number of H-pyrrole nitrogens is 1. The molecule has 2 N–H and O–H groups in total. The van der Waals surface area contributed by atoms with Crippen LogP contribution in [0.3, 0.4) is 0 Å². The van der Waals surface area contributed by atoms with E-state index in [4.69, 9.17) is 0 Å². The number of fused-ring (bicyclic) bond motifs is 1. The van der Waals surface area contributed by atoms with Crippen molar-refractivity contribution < 1.29 is 8.78 Å². The Bertz CT molecular complexity index is 534. The third kappa shape index (κ3) is 2.76. The van der Waals surface area contributed by atoms with Crippen molar-refractivity contribution in [3.05, 3.63) is 29.6 Å². The predicted molar refractivity (Wildman–Crippen MR) is 70.0 cm³/mol. The molecule has 2 heterocycles. The van der Waals surface area contributed by atoms with Crippen molar-refractivity contribution in [1.29, 1.82) is 0 Å². The van der Waals surface area contributed by atoms with E-state index in [0.717, 1.165) is 31.3 Å². The zero-order valence-corrected chi connectivity index (χ0v) is 10.7. The third-order valence-electron chi connectivity index (χ3n) is 3.71. The molecule has 1 aliphatic rings. The van der Waals surface area contributed by atoms with E-state index in [1.165, 1.54) is 25.3 Å². The molecular formula is C14H17F2N3. The summed E-state index contributed by atoms with van der Waals surface area (Å²) in [7, 11) is 0. The molecule has 1 aliphatic heterocycles. The first-order valence-corrected chi connectivity index (χ1v) is 6.79. The summed E-state index contributed by atoms with van der Waals surface area (Å²) in [5.74, 6) is -0.886. The zero-order chi connectivity index (χ0) is 13.2. The Morgan fingerprint density at radius 3 is 2.84 bits per heavy atom. The molecule has 1 aromatic carbocycles. The van der Waals surface area contributed by atoms with Gasteiger partial charge in [0.25, 0.3) is 0 Å². The van der Waals surface area contributed by atoms with Crippen molar-refractivity contribution in [2.45, 2.75) is 38.1 Å². The van der Waals surface area contributed by atoms with Crippen molar-refractivity contribution in [2.24, 2.45) is 0 Å². The lowest BCUT2D eigenvalue weighted by Crippen LogP contribution is -2.34. The number of rotatable bonds is 3. The number of nitrogens with one attached hydrogen (secondary N) is 2. The van der Waals surface area contributed by atoms with Crippen LogP contribution in [-0.2, 0) is 6.42 Å². The van der Waals surface area contributed by atoms with E-state index in [2.05, 4.69) is 15.3 Å². The predicted octanol–water partition coefficient (Wildman–Crippen LogP) is 2.92. The van der Waals surface area contributed by atoms with E-state index in [1.54, 1.807) is 0 Å². The second kappa shape index (κ2) is 5.25. The molecule has 0 amide bonds. The summed E-state index contributed by atoms with van der Waals surface area (Å²) in [5, 5.41) is 3.48. The van der Waals surface area contributed by atoms with Crippen molar-refractivity contribution in [3.8, 4) is 0 Å². The van der Waals surface area contributed by atoms with Crippen molar-refractivity contribution in [2.75, 3.05) is 6.54 Å². The molecule has 0 radical (unpaired) electrons. The summed E-state index contributed by atoms with van der Waals surface area (Å²) in [6.07, 6.45) is 5.53. The summed E-state index contributed by atoms with van der Waals surface area (Å²) >= 11 is 0. The minimum absolute atomic E-state index is 0.491. The molecule has 3 nitrogen and oxygen atoms in total. The van der Waals surface area contributed by atoms with Crippen LogP contribution in [0.5, 0.6) is 0 Å². The molecule has 0 saturated carbocycles. The van der Waals surface area contributed by atoms with Crippen LogP contribution in [0.15, 0.2) is 12.1 Å². The largest absolute Gasteiger partial charge is 0.342 e. The van der Waals surface area contributed by atoms with Gasteiger partial charge in [-0.05, 0) is 25.8 Å². The number of hydrogen-bond donors (Lipinski definition) is 2. The Kier molecular flexibility index (Phi) is 3.46. The molecule has 19 heavy (non-hydrogen) atoms. The highest BCUT2D eigenvalue weighted by Crippen LogP contribution is 2.18. The van der Waals surface area contributed by atoms with Gasteiger partial charge in [0.05, 0.1) is 11.0 Å². The van der Waals surface area contributed by atoms with Gasteiger partial charge in [-0.3, -0.25) is 0 Å². The number of hydrogen-bond acceptors (Lipinski definition) is 2. The number of imidazole rings is 1. The van der Waals surface area contributed by atoms with Crippen LogP contribution in [0.1, 0.15) is 31.5 Å². The van der Waals surface area contributed by atoms with Crippen LogP contribution in [-0.4, -0.2) is 22.6 Å². The zero-order valence-electron chi connectivity index (χ0n) is 10.7. The number of halogens is 2. The van der Waals surface area contributed by atoms with Crippen LogP contribution in [0, 0.1) is 11.6 Å². The minimum Gasteiger partial charge on any atom is -0.342 e. The van der Waals surface area contributed by atoms with Gasteiger partial charge in [0.1, 0.15) is 5.82 Å². The van der Waals surface area contributed by atoms with E-state index >= 15 is 0 Å². The van der Waals surface area contributed by atoms with Crippen LogP contribution in [0.2, 0.25) is 0 Å². The Balaban J connectivity index is 1.70. The maximum absolute atomic E-state index is 13.1. The second-order valence-corrected chi connectivity index (χ2v) is 5.15. The van der Waals surface area contributed by atoms with Crippen LogP contribution in [0.25, 0.3) is 11.0 Å². The number of nitrogens with zero attached hydrogens (tertiary/aromatic N) is 1. The van der Waals surface area contributed by atoms with Crippen molar-refractivity contribution >= 4 is 11.0 Å². The standard InChI is InChI=1S/C14H17F2N3/c15-10-7-12-13(8-11(10)16)19-14(18-12)5-4-9-3-1-2-6-17-9/h7-9,17H,1-6H2,(H,18,19). The minimum atomic E-state index is -0.848. The molecule has 102 valence electrons. The number of benzene rings is 1. The lowest BCUT2D eigenvalue weighted by molar-refractivity contribution is 0.381. The van der Waals surface area contributed by atoms with Crippen molar-refractivity contribution in [3.63, 3.8) is 0 Å². The van der Waals surface area contributed by atoms with Gasteiger partial charge in [0, 0.05) is 24.6 Å². The highest BCUT2D eigenvalue weighted by Gasteiger charge is 2.14. The molecule has 0 bridgehead atoms. The van der Waals surface area contributed by atoms with Gasteiger partial charge in [0.2, 0.25) is 0 Å².